The largest absolute Gasteiger partial charge is 0.472 e. The predicted molar refractivity (Wildman–Crippen MR) is 60.1 cm³/mol. The second kappa shape index (κ2) is 4.65. The fourth-order valence-electron chi connectivity index (χ4n) is 1.29. The summed E-state index contributed by atoms with van der Waals surface area (Å²) in [5.74, 6) is -1.24. The monoisotopic (exact) mass is 287 g/mol. The molecule has 0 aliphatic rings. The van der Waals surface area contributed by atoms with Crippen molar-refractivity contribution in [2.24, 2.45) is 0 Å². The zero-order valence-electron chi connectivity index (χ0n) is 8.14. The minimum atomic E-state index is -0.629. The smallest absolute Gasteiger partial charge is 0.150 e. The molecule has 2 nitrogen and oxygen atoms in total. The van der Waals surface area contributed by atoms with Crippen LogP contribution < -0.4 is 5.32 Å². The lowest BCUT2D eigenvalue weighted by Crippen LogP contribution is -2.02. The number of furan rings is 1. The average Bonchev–Trinajstić information content (AvgIpc) is 2.68. The van der Waals surface area contributed by atoms with Crippen LogP contribution >= 0.6 is 15.9 Å². The van der Waals surface area contributed by atoms with Gasteiger partial charge in [-0.3, -0.25) is 0 Å². The fraction of sp³-hybridized carbons (Fsp3) is 0.0909. The molecule has 0 atom stereocenters. The van der Waals surface area contributed by atoms with Crippen molar-refractivity contribution in [1.29, 1.82) is 0 Å². The van der Waals surface area contributed by atoms with E-state index in [2.05, 4.69) is 21.2 Å². The number of hydrogen-bond acceptors (Lipinski definition) is 2. The fourth-order valence-corrected chi connectivity index (χ4v) is 1.84. The standard InChI is InChI=1S/C11H8BrF2NO/c12-9-3-8(13)4-10(14)11(9)15-5-7-1-2-16-6-7/h1-4,6,15H,5H2. The molecule has 1 heterocycles. The highest BCUT2D eigenvalue weighted by Crippen LogP contribution is 2.27. The minimum Gasteiger partial charge on any atom is -0.472 e. The predicted octanol–water partition coefficient (Wildman–Crippen LogP) is 3.93. The Morgan fingerprint density at radius 2 is 2.12 bits per heavy atom. The molecule has 0 saturated heterocycles. The second-order valence-corrected chi connectivity index (χ2v) is 4.08. The summed E-state index contributed by atoms with van der Waals surface area (Å²) in [7, 11) is 0. The van der Waals surface area contributed by atoms with Crippen molar-refractivity contribution < 1.29 is 13.2 Å². The molecule has 0 unspecified atom stereocenters. The zero-order chi connectivity index (χ0) is 11.5. The molecule has 0 amide bonds. The number of anilines is 1. The van der Waals surface area contributed by atoms with E-state index in [4.69, 9.17) is 4.42 Å². The molecule has 1 N–H and O–H groups in total. The molecule has 16 heavy (non-hydrogen) atoms. The topological polar surface area (TPSA) is 25.2 Å². The van der Waals surface area contributed by atoms with Crippen LogP contribution in [0.3, 0.4) is 0 Å². The molecule has 0 aliphatic heterocycles. The van der Waals surface area contributed by atoms with Crippen LogP contribution in [-0.4, -0.2) is 0 Å². The summed E-state index contributed by atoms with van der Waals surface area (Å²) >= 11 is 3.10. The van der Waals surface area contributed by atoms with Gasteiger partial charge < -0.3 is 9.73 Å². The van der Waals surface area contributed by atoms with Gasteiger partial charge in [0.2, 0.25) is 0 Å². The van der Waals surface area contributed by atoms with E-state index in [0.717, 1.165) is 11.6 Å². The van der Waals surface area contributed by atoms with Crippen molar-refractivity contribution in [3.63, 3.8) is 0 Å². The highest BCUT2D eigenvalue weighted by molar-refractivity contribution is 9.10. The van der Waals surface area contributed by atoms with Crippen LogP contribution in [-0.2, 0) is 6.54 Å². The Bertz CT molecular complexity index is 462. The van der Waals surface area contributed by atoms with Crippen molar-refractivity contribution in [1.82, 2.24) is 0 Å². The maximum absolute atomic E-state index is 13.4. The summed E-state index contributed by atoms with van der Waals surface area (Å²) in [6, 6.07) is 3.81. The summed E-state index contributed by atoms with van der Waals surface area (Å²) in [6.45, 7) is 0.414. The van der Waals surface area contributed by atoms with E-state index in [0.29, 0.717) is 11.0 Å². The van der Waals surface area contributed by atoms with Crippen LogP contribution in [0, 0.1) is 11.6 Å². The summed E-state index contributed by atoms with van der Waals surface area (Å²) in [4.78, 5) is 0. The van der Waals surface area contributed by atoms with Gasteiger partial charge in [-0.25, -0.2) is 8.78 Å². The molecule has 0 aliphatic carbocycles. The Hall–Kier alpha value is -1.36. The molecular formula is C11H8BrF2NO. The third-order valence-corrected chi connectivity index (χ3v) is 2.68. The van der Waals surface area contributed by atoms with E-state index in [9.17, 15) is 8.78 Å². The Labute approximate surface area is 99.4 Å². The van der Waals surface area contributed by atoms with Crippen LogP contribution in [0.2, 0.25) is 0 Å². The van der Waals surface area contributed by atoms with E-state index in [1.165, 1.54) is 12.3 Å². The Morgan fingerprint density at radius 3 is 2.75 bits per heavy atom. The van der Waals surface area contributed by atoms with Gasteiger partial charge in [-0.2, -0.15) is 0 Å². The highest BCUT2D eigenvalue weighted by atomic mass is 79.9. The molecule has 0 bridgehead atoms. The first-order chi connectivity index (χ1) is 7.66. The molecular weight excluding hydrogens is 280 g/mol. The summed E-state index contributed by atoms with van der Waals surface area (Å²) < 4.78 is 31.4. The van der Waals surface area contributed by atoms with Crippen molar-refractivity contribution >= 4 is 21.6 Å². The van der Waals surface area contributed by atoms with Gasteiger partial charge in [0, 0.05) is 22.6 Å². The number of nitrogens with one attached hydrogen (secondary N) is 1. The van der Waals surface area contributed by atoms with Crippen LogP contribution in [0.5, 0.6) is 0 Å². The first-order valence-corrected chi connectivity index (χ1v) is 5.35. The Morgan fingerprint density at radius 1 is 1.31 bits per heavy atom. The molecule has 5 heteroatoms. The lowest BCUT2D eigenvalue weighted by atomic mass is 10.2. The normalized spacial score (nSPS) is 10.4. The first kappa shape index (κ1) is 11.1. The van der Waals surface area contributed by atoms with Gasteiger partial charge in [-0.1, -0.05) is 0 Å². The van der Waals surface area contributed by atoms with Gasteiger partial charge in [0.15, 0.2) is 0 Å². The molecule has 84 valence electrons. The van der Waals surface area contributed by atoms with E-state index in [1.807, 2.05) is 0 Å². The van der Waals surface area contributed by atoms with Crippen molar-refractivity contribution in [3.05, 3.63) is 52.4 Å². The number of rotatable bonds is 3. The molecule has 2 rings (SSSR count). The van der Waals surface area contributed by atoms with Gasteiger partial charge >= 0.3 is 0 Å². The van der Waals surface area contributed by atoms with Crippen molar-refractivity contribution in [2.45, 2.75) is 6.54 Å². The Balaban J connectivity index is 2.15. The maximum Gasteiger partial charge on any atom is 0.150 e. The zero-order valence-corrected chi connectivity index (χ0v) is 9.72. The SMILES string of the molecule is Fc1cc(F)c(NCc2ccoc2)c(Br)c1. The van der Waals surface area contributed by atoms with Crippen molar-refractivity contribution in [2.75, 3.05) is 5.32 Å². The van der Waals surface area contributed by atoms with E-state index in [-0.39, 0.29) is 5.69 Å². The molecule has 2 aromatic rings. The highest BCUT2D eigenvalue weighted by Gasteiger charge is 2.09. The number of hydrogen-bond donors (Lipinski definition) is 1. The van der Waals surface area contributed by atoms with Crippen molar-refractivity contribution in [3.8, 4) is 0 Å². The third kappa shape index (κ3) is 2.41. The maximum atomic E-state index is 13.4. The third-order valence-electron chi connectivity index (χ3n) is 2.06. The van der Waals surface area contributed by atoms with E-state index in [1.54, 1.807) is 12.3 Å². The summed E-state index contributed by atoms with van der Waals surface area (Å²) in [5, 5.41) is 2.86. The lowest BCUT2D eigenvalue weighted by Gasteiger charge is -2.08. The van der Waals surface area contributed by atoms with E-state index < -0.39 is 11.6 Å². The molecule has 0 radical (unpaired) electrons. The molecule has 1 aromatic carbocycles. The molecule has 1 aromatic heterocycles. The molecule has 0 spiro atoms. The van der Waals surface area contributed by atoms with Crippen LogP contribution in [0.4, 0.5) is 14.5 Å². The average molecular weight is 288 g/mol. The number of benzene rings is 1. The van der Waals surface area contributed by atoms with E-state index >= 15 is 0 Å². The Kier molecular flexibility index (Phi) is 3.24. The van der Waals surface area contributed by atoms with Gasteiger partial charge in [0.25, 0.3) is 0 Å². The quantitative estimate of drug-likeness (QED) is 0.925. The van der Waals surface area contributed by atoms with Gasteiger partial charge in [-0.05, 0) is 28.1 Å². The van der Waals surface area contributed by atoms with Gasteiger partial charge in [0.05, 0.1) is 18.2 Å². The van der Waals surface area contributed by atoms with Crippen LogP contribution in [0.25, 0.3) is 0 Å². The van der Waals surface area contributed by atoms with Gasteiger partial charge in [-0.15, -0.1) is 0 Å². The van der Waals surface area contributed by atoms with Gasteiger partial charge in [0.1, 0.15) is 11.6 Å². The summed E-state index contributed by atoms with van der Waals surface area (Å²) in [6.07, 6.45) is 3.09. The lowest BCUT2D eigenvalue weighted by molar-refractivity contribution is 0.564. The minimum absolute atomic E-state index is 0.239. The van der Waals surface area contributed by atoms with Crippen LogP contribution in [0.1, 0.15) is 5.56 Å². The second-order valence-electron chi connectivity index (χ2n) is 3.23. The molecule has 0 fully saturated rings. The first-order valence-electron chi connectivity index (χ1n) is 4.56. The summed E-state index contributed by atoms with van der Waals surface area (Å²) in [5.41, 5.74) is 1.12. The number of halogens is 3. The molecule has 0 saturated carbocycles. The van der Waals surface area contributed by atoms with Crippen LogP contribution in [0.15, 0.2) is 39.6 Å².